The molecule has 2 aliphatic heterocycles. The van der Waals surface area contributed by atoms with Crippen molar-refractivity contribution in [1.29, 1.82) is 0 Å². The molecule has 6 nitrogen and oxygen atoms in total. The molecule has 24 heavy (non-hydrogen) atoms. The highest BCUT2D eigenvalue weighted by Gasteiger charge is 2.32. The highest BCUT2D eigenvalue weighted by Crippen LogP contribution is 2.34. The lowest BCUT2D eigenvalue weighted by Crippen LogP contribution is -2.50. The molecule has 1 atom stereocenters. The van der Waals surface area contributed by atoms with Crippen molar-refractivity contribution in [3.05, 3.63) is 48.3 Å². The van der Waals surface area contributed by atoms with E-state index in [4.69, 9.17) is 4.74 Å². The van der Waals surface area contributed by atoms with Crippen LogP contribution in [-0.4, -0.2) is 53.6 Å². The fraction of sp³-hybridized carbons (Fsp3) is 0.389. The minimum atomic E-state index is -0.0884. The molecule has 0 N–H and O–H groups in total. The number of rotatable bonds is 2. The molecule has 0 spiro atoms. The number of hydrogen-bond acceptors (Lipinski definition) is 5. The third-order valence-corrected chi connectivity index (χ3v) is 4.68. The standard InChI is InChI=1S/C18H20N4O2/c23-17(15-6-13-24-16-5-2-1-4-14(15)16)21-9-11-22(12-10-21)18-19-7-3-8-20-18/h1-5,7-8,15H,6,9-13H2. The number of piperazine rings is 1. The average molecular weight is 324 g/mol. The summed E-state index contributed by atoms with van der Waals surface area (Å²) in [7, 11) is 0. The molecule has 0 aliphatic carbocycles. The van der Waals surface area contributed by atoms with Crippen molar-refractivity contribution in [3.63, 3.8) is 0 Å². The fourth-order valence-corrected chi connectivity index (χ4v) is 3.40. The second-order valence-electron chi connectivity index (χ2n) is 6.09. The molecular weight excluding hydrogens is 304 g/mol. The van der Waals surface area contributed by atoms with Gasteiger partial charge in [-0.1, -0.05) is 18.2 Å². The number of aromatic nitrogens is 2. The Balaban J connectivity index is 1.44. The van der Waals surface area contributed by atoms with Gasteiger partial charge in [0.1, 0.15) is 5.75 Å². The van der Waals surface area contributed by atoms with Gasteiger partial charge in [-0.3, -0.25) is 4.79 Å². The molecule has 3 heterocycles. The molecule has 2 aromatic rings. The summed E-state index contributed by atoms with van der Waals surface area (Å²) in [6, 6.07) is 9.68. The molecule has 1 aromatic carbocycles. The van der Waals surface area contributed by atoms with Gasteiger partial charge >= 0.3 is 0 Å². The minimum Gasteiger partial charge on any atom is -0.493 e. The van der Waals surface area contributed by atoms with Crippen molar-refractivity contribution in [1.82, 2.24) is 14.9 Å². The topological polar surface area (TPSA) is 58.6 Å². The van der Waals surface area contributed by atoms with Gasteiger partial charge in [0.2, 0.25) is 11.9 Å². The Kier molecular flexibility index (Phi) is 4.02. The Morgan fingerprint density at radius 2 is 1.79 bits per heavy atom. The second-order valence-corrected chi connectivity index (χ2v) is 6.09. The Bertz CT molecular complexity index is 714. The lowest BCUT2D eigenvalue weighted by atomic mass is 9.91. The van der Waals surface area contributed by atoms with Crippen LogP contribution in [0.3, 0.4) is 0 Å². The number of anilines is 1. The lowest BCUT2D eigenvalue weighted by Gasteiger charge is -2.37. The molecule has 6 heteroatoms. The lowest BCUT2D eigenvalue weighted by molar-refractivity contribution is -0.133. The number of carbonyl (C=O) groups excluding carboxylic acids is 1. The number of benzene rings is 1. The van der Waals surface area contributed by atoms with E-state index >= 15 is 0 Å². The summed E-state index contributed by atoms with van der Waals surface area (Å²) in [5.41, 5.74) is 1.02. The SMILES string of the molecule is O=C(C1CCOc2ccccc21)N1CCN(c2ncccn2)CC1. The maximum absolute atomic E-state index is 13.0. The average Bonchev–Trinajstić information content (AvgIpc) is 2.68. The first kappa shape index (κ1) is 14.9. The van der Waals surface area contributed by atoms with Crippen LogP contribution in [0.5, 0.6) is 5.75 Å². The molecule has 1 saturated heterocycles. The van der Waals surface area contributed by atoms with E-state index in [2.05, 4.69) is 14.9 Å². The van der Waals surface area contributed by atoms with Crippen LogP contribution in [-0.2, 0) is 4.79 Å². The number of fused-ring (bicyclic) bond motifs is 1. The Labute approximate surface area is 141 Å². The molecular formula is C18H20N4O2. The number of para-hydroxylation sites is 1. The molecule has 1 unspecified atom stereocenters. The summed E-state index contributed by atoms with van der Waals surface area (Å²) >= 11 is 0. The van der Waals surface area contributed by atoms with Crippen LogP contribution in [0.1, 0.15) is 17.9 Å². The summed E-state index contributed by atoms with van der Waals surface area (Å²) in [4.78, 5) is 25.6. The summed E-state index contributed by atoms with van der Waals surface area (Å²) in [5.74, 6) is 1.70. The molecule has 4 rings (SSSR count). The molecule has 1 fully saturated rings. The van der Waals surface area contributed by atoms with Crippen LogP contribution in [0.2, 0.25) is 0 Å². The Hall–Kier alpha value is -2.63. The molecule has 0 bridgehead atoms. The minimum absolute atomic E-state index is 0.0884. The van der Waals surface area contributed by atoms with Crippen molar-refractivity contribution in [3.8, 4) is 5.75 Å². The maximum atomic E-state index is 13.0. The number of nitrogens with zero attached hydrogens (tertiary/aromatic N) is 4. The molecule has 0 radical (unpaired) electrons. The van der Waals surface area contributed by atoms with Crippen molar-refractivity contribution >= 4 is 11.9 Å². The normalized spacial score (nSPS) is 20.2. The monoisotopic (exact) mass is 324 g/mol. The van der Waals surface area contributed by atoms with E-state index in [1.54, 1.807) is 12.4 Å². The molecule has 0 saturated carbocycles. The van der Waals surface area contributed by atoms with Crippen LogP contribution >= 0.6 is 0 Å². The largest absolute Gasteiger partial charge is 0.493 e. The zero-order valence-electron chi connectivity index (χ0n) is 13.5. The van der Waals surface area contributed by atoms with Crippen LogP contribution in [0.25, 0.3) is 0 Å². The summed E-state index contributed by atoms with van der Waals surface area (Å²) < 4.78 is 5.67. The van der Waals surface area contributed by atoms with E-state index < -0.39 is 0 Å². The van der Waals surface area contributed by atoms with E-state index in [9.17, 15) is 4.79 Å². The fourth-order valence-electron chi connectivity index (χ4n) is 3.40. The second kappa shape index (κ2) is 6.47. The van der Waals surface area contributed by atoms with E-state index in [1.165, 1.54) is 0 Å². The van der Waals surface area contributed by atoms with Crippen molar-refractivity contribution in [2.75, 3.05) is 37.7 Å². The van der Waals surface area contributed by atoms with E-state index in [0.29, 0.717) is 19.7 Å². The van der Waals surface area contributed by atoms with Gasteiger partial charge in [-0.05, 0) is 18.6 Å². The highest BCUT2D eigenvalue weighted by molar-refractivity contribution is 5.85. The number of ether oxygens (including phenoxy) is 1. The van der Waals surface area contributed by atoms with Gasteiger partial charge in [0.05, 0.1) is 12.5 Å². The van der Waals surface area contributed by atoms with Gasteiger partial charge in [-0.2, -0.15) is 0 Å². The smallest absolute Gasteiger partial charge is 0.230 e. The molecule has 1 amide bonds. The first-order chi connectivity index (χ1) is 11.8. The number of hydrogen-bond donors (Lipinski definition) is 0. The van der Waals surface area contributed by atoms with Crippen LogP contribution in [0.4, 0.5) is 5.95 Å². The van der Waals surface area contributed by atoms with E-state index in [-0.39, 0.29) is 11.8 Å². The van der Waals surface area contributed by atoms with Gasteiger partial charge in [-0.25, -0.2) is 9.97 Å². The third-order valence-electron chi connectivity index (χ3n) is 4.68. The number of carbonyl (C=O) groups is 1. The van der Waals surface area contributed by atoms with Crippen molar-refractivity contribution in [2.24, 2.45) is 0 Å². The predicted molar refractivity (Wildman–Crippen MR) is 90.1 cm³/mol. The van der Waals surface area contributed by atoms with E-state index in [0.717, 1.165) is 36.8 Å². The molecule has 124 valence electrons. The van der Waals surface area contributed by atoms with E-state index in [1.807, 2.05) is 35.2 Å². The van der Waals surface area contributed by atoms with Crippen LogP contribution in [0, 0.1) is 0 Å². The Morgan fingerprint density at radius 1 is 1.04 bits per heavy atom. The van der Waals surface area contributed by atoms with Gasteiger partial charge < -0.3 is 14.5 Å². The summed E-state index contributed by atoms with van der Waals surface area (Å²) in [5, 5.41) is 0. The first-order valence-electron chi connectivity index (χ1n) is 8.35. The van der Waals surface area contributed by atoms with Gasteiger partial charge in [-0.15, -0.1) is 0 Å². The van der Waals surface area contributed by atoms with Gasteiger partial charge in [0.15, 0.2) is 0 Å². The van der Waals surface area contributed by atoms with Crippen LogP contribution in [0.15, 0.2) is 42.7 Å². The quantitative estimate of drug-likeness (QED) is 0.841. The Morgan fingerprint density at radius 3 is 2.58 bits per heavy atom. The summed E-state index contributed by atoms with van der Waals surface area (Å²) in [6.07, 6.45) is 4.25. The first-order valence-corrected chi connectivity index (χ1v) is 8.35. The zero-order chi connectivity index (χ0) is 16.4. The zero-order valence-corrected chi connectivity index (χ0v) is 13.5. The highest BCUT2D eigenvalue weighted by atomic mass is 16.5. The van der Waals surface area contributed by atoms with Gasteiger partial charge in [0, 0.05) is 44.1 Å². The maximum Gasteiger partial charge on any atom is 0.230 e. The van der Waals surface area contributed by atoms with Crippen LogP contribution < -0.4 is 9.64 Å². The number of amides is 1. The molecule has 2 aliphatic rings. The van der Waals surface area contributed by atoms with Crippen molar-refractivity contribution in [2.45, 2.75) is 12.3 Å². The third kappa shape index (κ3) is 2.79. The predicted octanol–water partition coefficient (Wildman–Crippen LogP) is 1.69. The van der Waals surface area contributed by atoms with Gasteiger partial charge in [0.25, 0.3) is 0 Å². The van der Waals surface area contributed by atoms with Crippen molar-refractivity contribution < 1.29 is 9.53 Å². The summed E-state index contributed by atoms with van der Waals surface area (Å²) in [6.45, 7) is 3.54. The molecule has 1 aromatic heterocycles.